The highest BCUT2D eigenvalue weighted by molar-refractivity contribution is 5.89. The first-order chi connectivity index (χ1) is 13.3. The summed E-state index contributed by atoms with van der Waals surface area (Å²) in [5, 5.41) is 18.5. The van der Waals surface area contributed by atoms with E-state index in [4.69, 9.17) is 9.15 Å². The summed E-state index contributed by atoms with van der Waals surface area (Å²) in [6, 6.07) is 13.0. The monoisotopic (exact) mass is 381 g/mol. The number of non-ortho nitro benzene ring substituents is 1. The molecule has 3 rings (SSSR count). The van der Waals surface area contributed by atoms with Crippen molar-refractivity contribution < 1.29 is 18.9 Å². The van der Waals surface area contributed by atoms with E-state index in [0.29, 0.717) is 17.0 Å². The molecule has 0 saturated carbocycles. The molecule has 3 aromatic rings. The van der Waals surface area contributed by atoms with Crippen molar-refractivity contribution in [2.24, 2.45) is 0 Å². The van der Waals surface area contributed by atoms with Crippen LogP contribution in [-0.4, -0.2) is 21.1 Å². The summed E-state index contributed by atoms with van der Waals surface area (Å²) in [4.78, 5) is 22.5. The average Bonchev–Trinajstić information content (AvgIpc) is 3.18. The van der Waals surface area contributed by atoms with Crippen molar-refractivity contribution in [1.82, 2.24) is 10.2 Å². The first kappa shape index (κ1) is 19.2. The highest BCUT2D eigenvalue weighted by Crippen LogP contribution is 2.25. The molecular weight excluding hydrogens is 362 g/mol. The van der Waals surface area contributed by atoms with E-state index < -0.39 is 17.0 Å². The van der Waals surface area contributed by atoms with Gasteiger partial charge in [0.15, 0.2) is 6.10 Å². The molecule has 1 heterocycles. The van der Waals surface area contributed by atoms with Gasteiger partial charge >= 0.3 is 5.97 Å². The minimum Gasteiger partial charge on any atom is -0.449 e. The van der Waals surface area contributed by atoms with Crippen LogP contribution in [0.1, 0.15) is 54.6 Å². The molecule has 2 aromatic carbocycles. The van der Waals surface area contributed by atoms with Gasteiger partial charge in [0.05, 0.1) is 10.5 Å². The van der Waals surface area contributed by atoms with Crippen molar-refractivity contribution in [3.8, 4) is 11.5 Å². The van der Waals surface area contributed by atoms with E-state index in [2.05, 4.69) is 24.0 Å². The number of rotatable bonds is 6. The Balaban J connectivity index is 1.68. The Morgan fingerprint density at radius 3 is 2.25 bits per heavy atom. The van der Waals surface area contributed by atoms with E-state index in [1.54, 1.807) is 19.1 Å². The lowest BCUT2D eigenvalue weighted by Crippen LogP contribution is -2.09. The standard InChI is InChI=1S/C20H19N3O5/c1-12(2)14-4-6-16(7-5-14)20(24)27-13(3)18-21-22-19(28-18)15-8-10-17(11-9-15)23(25)26/h4-13H,1-3H3/t13-/m0/s1. The number of carbonyl (C=O) groups excluding carboxylic acids is 1. The zero-order chi connectivity index (χ0) is 20.3. The molecule has 0 aliphatic heterocycles. The number of hydrogen-bond donors (Lipinski definition) is 0. The molecule has 0 fully saturated rings. The predicted molar refractivity (Wildman–Crippen MR) is 101 cm³/mol. The van der Waals surface area contributed by atoms with Crippen molar-refractivity contribution in [2.75, 3.05) is 0 Å². The van der Waals surface area contributed by atoms with Crippen LogP contribution >= 0.6 is 0 Å². The van der Waals surface area contributed by atoms with E-state index in [0.717, 1.165) is 5.56 Å². The van der Waals surface area contributed by atoms with Crippen molar-refractivity contribution in [1.29, 1.82) is 0 Å². The summed E-state index contributed by atoms with van der Waals surface area (Å²) < 4.78 is 10.9. The predicted octanol–water partition coefficient (Wildman–Crippen LogP) is 4.69. The number of hydrogen-bond acceptors (Lipinski definition) is 7. The largest absolute Gasteiger partial charge is 0.449 e. The smallest absolute Gasteiger partial charge is 0.338 e. The fourth-order valence-corrected chi connectivity index (χ4v) is 2.52. The number of nitrogens with zero attached hydrogens (tertiary/aromatic N) is 3. The SMILES string of the molecule is CC(C)c1ccc(C(=O)O[C@@H](C)c2nnc(-c3ccc([N+](=O)[O-])cc3)o2)cc1. The second-order valence-electron chi connectivity index (χ2n) is 6.57. The number of nitro benzene ring substituents is 1. The first-order valence-electron chi connectivity index (χ1n) is 8.74. The number of nitro groups is 1. The fourth-order valence-electron chi connectivity index (χ4n) is 2.52. The van der Waals surface area contributed by atoms with Crippen LogP contribution < -0.4 is 0 Å². The van der Waals surface area contributed by atoms with Gasteiger partial charge in [0.1, 0.15) is 0 Å². The number of benzene rings is 2. The zero-order valence-electron chi connectivity index (χ0n) is 15.7. The average molecular weight is 381 g/mol. The van der Waals surface area contributed by atoms with Gasteiger partial charge in [0, 0.05) is 17.7 Å². The van der Waals surface area contributed by atoms with E-state index in [1.165, 1.54) is 24.3 Å². The third-order valence-corrected chi connectivity index (χ3v) is 4.21. The first-order valence-corrected chi connectivity index (χ1v) is 8.74. The van der Waals surface area contributed by atoms with Crippen molar-refractivity contribution in [3.63, 3.8) is 0 Å². The maximum absolute atomic E-state index is 12.3. The maximum atomic E-state index is 12.3. The summed E-state index contributed by atoms with van der Waals surface area (Å²) in [7, 11) is 0. The minimum atomic E-state index is -0.739. The Kier molecular flexibility index (Phi) is 5.49. The molecule has 28 heavy (non-hydrogen) atoms. The van der Waals surface area contributed by atoms with Gasteiger partial charge in [0.25, 0.3) is 11.6 Å². The van der Waals surface area contributed by atoms with Crippen LogP contribution in [0, 0.1) is 10.1 Å². The van der Waals surface area contributed by atoms with E-state index in [-0.39, 0.29) is 17.5 Å². The summed E-state index contributed by atoms with van der Waals surface area (Å²) in [5.41, 5.74) is 2.07. The van der Waals surface area contributed by atoms with Gasteiger partial charge in [-0.3, -0.25) is 10.1 Å². The fraction of sp³-hybridized carbons (Fsp3) is 0.250. The molecule has 0 bridgehead atoms. The molecule has 1 atom stereocenters. The van der Waals surface area contributed by atoms with E-state index in [9.17, 15) is 14.9 Å². The van der Waals surface area contributed by atoms with Gasteiger partial charge in [-0.25, -0.2) is 4.79 Å². The molecule has 0 spiro atoms. The maximum Gasteiger partial charge on any atom is 0.338 e. The minimum absolute atomic E-state index is 0.0331. The van der Waals surface area contributed by atoms with Crippen molar-refractivity contribution in [3.05, 3.63) is 75.7 Å². The van der Waals surface area contributed by atoms with Crippen LogP contribution in [0.5, 0.6) is 0 Å². The Labute approximate surface area is 161 Å². The molecule has 0 amide bonds. The number of aromatic nitrogens is 2. The molecule has 8 nitrogen and oxygen atoms in total. The quantitative estimate of drug-likeness (QED) is 0.346. The Morgan fingerprint density at radius 2 is 1.68 bits per heavy atom. The molecule has 0 radical (unpaired) electrons. The summed E-state index contributed by atoms with van der Waals surface area (Å²) >= 11 is 0. The lowest BCUT2D eigenvalue weighted by molar-refractivity contribution is -0.384. The van der Waals surface area contributed by atoms with Gasteiger partial charge in [-0.15, -0.1) is 10.2 Å². The Hall–Kier alpha value is -3.55. The van der Waals surface area contributed by atoms with Gasteiger partial charge in [-0.2, -0.15) is 0 Å². The molecular formula is C20H19N3O5. The van der Waals surface area contributed by atoms with Crippen LogP contribution in [0.4, 0.5) is 5.69 Å². The molecule has 0 aliphatic carbocycles. The second-order valence-corrected chi connectivity index (χ2v) is 6.57. The highest BCUT2D eigenvalue weighted by Gasteiger charge is 2.20. The van der Waals surface area contributed by atoms with E-state index in [1.807, 2.05) is 12.1 Å². The topological polar surface area (TPSA) is 108 Å². The van der Waals surface area contributed by atoms with Gasteiger partial charge in [0.2, 0.25) is 5.89 Å². The summed E-state index contributed by atoms with van der Waals surface area (Å²) in [5.74, 6) is 0.215. The van der Waals surface area contributed by atoms with Gasteiger partial charge in [-0.05, 0) is 42.7 Å². The van der Waals surface area contributed by atoms with Crippen LogP contribution in [0.25, 0.3) is 11.5 Å². The molecule has 0 saturated heterocycles. The van der Waals surface area contributed by atoms with Crippen LogP contribution in [-0.2, 0) is 4.74 Å². The third-order valence-electron chi connectivity index (χ3n) is 4.21. The molecule has 0 unspecified atom stereocenters. The van der Waals surface area contributed by atoms with Crippen LogP contribution in [0.15, 0.2) is 52.9 Å². The third kappa shape index (κ3) is 4.22. The van der Waals surface area contributed by atoms with Crippen molar-refractivity contribution in [2.45, 2.75) is 32.8 Å². The summed E-state index contributed by atoms with van der Waals surface area (Å²) in [6.45, 7) is 5.79. The lowest BCUT2D eigenvalue weighted by Gasteiger charge is -2.10. The second kappa shape index (κ2) is 7.99. The molecule has 144 valence electrons. The number of carbonyl (C=O) groups is 1. The molecule has 0 N–H and O–H groups in total. The number of ether oxygens (including phenoxy) is 1. The van der Waals surface area contributed by atoms with Crippen LogP contribution in [0.2, 0.25) is 0 Å². The molecule has 0 aliphatic rings. The Bertz CT molecular complexity index is 978. The van der Waals surface area contributed by atoms with Crippen molar-refractivity contribution >= 4 is 11.7 Å². The summed E-state index contributed by atoms with van der Waals surface area (Å²) in [6.07, 6.45) is -0.739. The highest BCUT2D eigenvalue weighted by atomic mass is 16.6. The molecule has 8 heteroatoms. The zero-order valence-corrected chi connectivity index (χ0v) is 15.7. The Morgan fingerprint density at radius 1 is 1.04 bits per heavy atom. The molecule has 1 aromatic heterocycles. The van der Waals surface area contributed by atoms with Gasteiger partial charge in [-0.1, -0.05) is 26.0 Å². The lowest BCUT2D eigenvalue weighted by atomic mass is 10.0. The van der Waals surface area contributed by atoms with E-state index >= 15 is 0 Å². The van der Waals surface area contributed by atoms with Gasteiger partial charge < -0.3 is 9.15 Å². The van der Waals surface area contributed by atoms with Crippen LogP contribution in [0.3, 0.4) is 0 Å². The number of esters is 1. The normalized spacial score (nSPS) is 12.0.